The number of carbonyl (C=O) groups is 1. The molecule has 0 bridgehead atoms. The summed E-state index contributed by atoms with van der Waals surface area (Å²) < 4.78 is 24.6. The summed E-state index contributed by atoms with van der Waals surface area (Å²) in [6.45, 7) is 1.94. The smallest absolute Gasteiger partial charge is 0.268 e. The van der Waals surface area contributed by atoms with Gasteiger partial charge in [-0.05, 0) is 42.3 Å². The van der Waals surface area contributed by atoms with E-state index in [9.17, 15) is 13.2 Å². The highest BCUT2D eigenvalue weighted by atomic mass is 35.5. The Morgan fingerprint density at radius 2 is 1.85 bits per heavy atom. The molecule has 0 aliphatic heterocycles. The summed E-state index contributed by atoms with van der Waals surface area (Å²) in [7, 11) is -1.93. The largest absolute Gasteiger partial charge is 0.344 e. The molecule has 27 heavy (non-hydrogen) atoms. The van der Waals surface area contributed by atoms with E-state index in [0.29, 0.717) is 17.1 Å². The van der Waals surface area contributed by atoms with E-state index in [1.165, 1.54) is 12.1 Å². The molecule has 1 heterocycles. The number of amides is 1. The second-order valence-electron chi connectivity index (χ2n) is 6.34. The van der Waals surface area contributed by atoms with Gasteiger partial charge in [0.05, 0.1) is 10.9 Å². The van der Waals surface area contributed by atoms with Crippen LogP contribution in [0.3, 0.4) is 0 Å². The minimum atomic E-state index is -3.74. The fraction of sp³-hybridized carbons (Fsp3) is 0.211. The van der Waals surface area contributed by atoms with Crippen LogP contribution in [0.1, 0.15) is 35.4 Å². The van der Waals surface area contributed by atoms with Gasteiger partial charge in [0.2, 0.25) is 10.0 Å². The van der Waals surface area contributed by atoms with Crippen molar-refractivity contribution in [2.75, 3.05) is 0 Å². The Bertz CT molecular complexity index is 1110. The van der Waals surface area contributed by atoms with Gasteiger partial charge in [-0.1, -0.05) is 36.7 Å². The van der Waals surface area contributed by atoms with Crippen LogP contribution in [0.4, 0.5) is 0 Å². The number of nitrogens with one attached hydrogen (secondary N) is 1. The van der Waals surface area contributed by atoms with Crippen molar-refractivity contribution in [2.24, 2.45) is 12.2 Å². The molecule has 2 aromatic carbocycles. The van der Waals surface area contributed by atoms with Crippen molar-refractivity contribution in [1.82, 2.24) is 9.88 Å². The van der Waals surface area contributed by atoms with Crippen LogP contribution in [0.25, 0.3) is 10.9 Å². The number of aromatic nitrogens is 1. The van der Waals surface area contributed by atoms with Crippen molar-refractivity contribution >= 4 is 38.4 Å². The van der Waals surface area contributed by atoms with Gasteiger partial charge in [0.15, 0.2) is 0 Å². The van der Waals surface area contributed by atoms with Crippen LogP contribution < -0.4 is 10.5 Å². The molecule has 0 spiro atoms. The molecule has 0 aliphatic rings. The summed E-state index contributed by atoms with van der Waals surface area (Å²) in [6.07, 6.45) is 0.649. The molecule has 0 aliphatic carbocycles. The molecule has 0 radical (unpaired) electrons. The number of hydrogen-bond acceptors (Lipinski definition) is 3. The molecule has 142 valence electrons. The van der Waals surface area contributed by atoms with Crippen molar-refractivity contribution in [1.29, 1.82) is 0 Å². The van der Waals surface area contributed by atoms with E-state index in [1.54, 1.807) is 22.8 Å². The minimum absolute atomic E-state index is 0.0398. The lowest BCUT2D eigenvalue weighted by Gasteiger charge is -2.18. The van der Waals surface area contributed by atoms with Gasteiger partial charge in [0.1, 0.15) is 5.69 Å². The number of nitrogens with two attached hydrogens (primary N) is 1. The van der Waals surface area contributed by atoms with Crippen LogP contribution in [-0.2, 0) is 17.1 Å². The van der Waals surface area contributed by atoms with Crippen LogP contribution in [-0.4, -0.2) is 18.9 Å². The first-order chi connectivity index (χ1) is 12.7. The first-order valence-electron chi connectivity index (χ1n) is 8.39. The van der Waals surface area contributed by atoms with Gasteiger partial charge in [0, 0.05) is 23.0 Å². The molecule has 1 unspecified atom stereocenters. The summed E-state index contributed by atoms with van der Waals surface area (Å²) in [5.74, 6) is -0.216. The Kier molecular flexibility index (Phi) is 5.28. The maximum Gasteiger partial charge on any atom is 0.268 e. The molecular formula is C19H20ClN3O3S. The normalized spacial score (nSPS) is 12.9. The number of benzene rings is 2. The summed E-state index contributed by atoms with van der Waals surface area (Å²) >= 11 is 6.05. The number of halogens is 1. The fourth-order valence-electron chi connectivity index (χ4n) is 3.06. The van der Waals surface area contributed by atoms with Crippen LogP contribution in [0.5, 0.6) is 0 Å². The van der Waals surface area contributed by atoms with E-state index in [4.69, 9.17) is 16.7 Å². The summed E-state index contributed by atoms with van der Waals surface area (Å²) in [5.41, 5.74) is 2.20. The Labute approximate surface area is 163 Å². The van der Waals surface area contributed by atoms with Crippen LogP contribution >= 0.6 is 11.6 Å². The molecule has 1 atom stereocenters. The number of fused-ring (bicyclic) bond motifs is 1. The van der Waals surface area contributed by atoms with Crippen molar-refractivity contribution in [3.05, 3.63) is 64.8 Å². The molecule has 6 nitrogen and oxygen atoms in total. The van der Waals surface area contributed by atoms with E-state index in [0.717, 1.165) is 16.5 Å². The molecule has 3 aromatic rings. The van der Waals surface area contributed by atoms with Crippen LogP contribution in [0.2, 0.25) is 5.02 Å². The SMILES string of the molecule is CCC(NC(=O)c1cc2ccc(Cl)cc2n1C)c1ccc(S(N)(=O)=O)cc1. The molecule has 8 heteroatoms. The molecule has 3 rings (SSSR count). The van der Waals surface area contributed by atoms with E-state index < -0.39 is 10.0 Å². The zero-order valence-corrected chi connectivity index (χ0v) is 16.5. The van der Waals surface area contributed by atoms with E-state index in [2.05, 4.69) is 5.32 Å². The second-order valence-corrected chi connectivity index (χ2v) is 8.34. The maximum absolute atomic E-state index is 12.8. The number of rotatable bonds is 5. The molecule has 0 fully saturated rings. The monoisotopic (exact) mass is 405 g/mol. The third-order valence-electron chi connectivity index (χ3n) is 4.56. The number of sulfonamides is 1. The number of primary sulfonamides is 1. The molecule has 0 saturated carbocycles. The van der Waals surface area contributed by atoms with Crippen LogP contribution in [0, 0.1) is 0 Å². The zero-order chi connectivity index (χ0) is 19.8. The molecular weight excluding hydrogens is 386 g/mol. The molecule has 1 amide bonds. The average Bonchev–Trinajstić information content (AvgIpc) is 2.95. The highest BCUT2D eigenvalue weighted by molar-refractivity contribution is 7.89. The van der Waals surface area contributed by atoms with Gasteiger partial charge in [-0.25, -0.2) is 13.6 Å². The molecule has 0 saturated heterocycles. The lowest BCUT2D eigenvalue weighted by Crippen LogP contribution is -2.29. The third kappa shape index (κ3) is 4.00. The van der Waals surface area contributed by atoms with E-state index in [1.807, 2.05) is 32.2 Å². The maximum atomic E-state index is 12.8. The van der Waals surface area contributed by atoms with Crippen LogP contribution in [0.15, 0.2) is 53.4 Å². The first kappa shape index (κ1) is 19.4. The summed E-state index contributed by atoms with van der Waals surface area (Å²) in [4.78, 5) is 12.8. The molecule has 3 N–H and O–H groups in total. The number of nitrogens with zero attached hydrogens (tertiary/aromatic N) is 1. The quantitative estimate of drug-likeness (QED) is 0.681. The third-order valence-corrected chi connectivity index (χ3v) is 5.73. The molecule has 1 aromatic heterocycles. The van der Waals surface area contributed by atoms with Crippen molar-refractivity contribution < 1.29 is 13.2 Å². The Morgan fingerprint density at radius 1 is 1.19 bits per heavy atom. The highest BCUT2D eigenvalue weighted by Crippen LogP contribution is 2.24. The zero-order valence-electron chi connectivity index (χ0n) is 14.9. The number of aryl methyl sites for hydroxylation is 1. The van der Waals surface area contributed by atoms with Gasteiger partial charge >= 0.3 is 0 Å². The Balaban J connectivity index is 1.86. The summed E-state index contributed by atoms with van der Waals surface area (Å²) in [6, 6.07) is 13.2. The topological polar surface area (TPSA) is 94.2 Å². The van der Waals surface area contributed by atoms with Gasteiger partial charge < -0.3 is 9.88 Å². The summed E-state index contributed by atoms with van der Waals surface area (Å²) in [5, 5.41) is 9.66. The number of carbonyl (C=O) groups excluding carboxylic acids is 1. The Morgan fingerprint density at radius 3 is 2.44 bits per heavy atom. The van der Waals surface area contributed by atoms with Gasteiger partial charge in [-0.2, -0.15) is 0 Å². The number of hydrogen-bond donors (Lipinski definition) is 2. The highest BCUT2D eigenvalue weighted by Gasteiger charge is 2.18. The average molecular weight is 406 g/mol. The second kappa shape index (κ2) is 7.34. The standard InChI is InChI=1S/C19H20ClN3O3S/c1-3-16(12-5-8-15(9-6-12)27(21,25)26)22-19(24)18-10-13-4-7-14(20)11-17(13)23(18)2/h4-11,16H,3H2,1-2H3,(H,22,24)(H2,21,25,26). The Hall–Kier alpha value is -2.35. The fourth-order valence-corrected chi connectivity index (χ4v) is 3.75. The lowest BCUT2D eigenvalue weighted by molar-refractivity contribution is 0.0927. The predicted octanol–water partition coefficient (Wildman–Crippen LogP) is 3.36. The minimum Gasteiger partial charge on any atom is -0.344 e. The first-order valence-corrected chi connectivity index (χ1v) is 10.3. The lowest BCUT2D eigenvalue weighted by atomic mass is 10.0. The van der Waals surface area contributed by atoms with Gasteiger partial charge in [0.25, 0.3) is 5.91 Å². The predicted molar refractivity (Wildman–Crippen MR) is 106 cm³/mol. The van der Waals surface area contributed by atoms with E-state index >= 15 is 0 Å². The van der Waals surface area contributed by atoms with Crippen molar-refractivity contribution in [3.63, 3.8) is 0 Å². The van der Waals surface area contributed by atoms with Gasteiger partial charge in [-0.3, -0.25) is 4.79 Å². The van der Waals surface area contributed by atoms with E-state index in [-0.39, 0.29) is 16.8 Å². The van der Waals surface area contributed by atoms with Crippen molar-refractivity contribution in [3.8, 4) is 0 Å². The van der Waals surface area contributed by atoms with Gasteiger partial charge in [-0.15, -0.1) is 0 Å². The van der Waals surface area contributed by atoms with Crippen molar-refractivity contribution in [2.45, 2.75) is 24.3 Å².